The van der Waals surface area contributed by atoms with Crippen molar-refractivity contribution < 1.29 is 14.3 Å². The molecule has 0 bridgehead atoms. The largest absolute Gasteiger partial charge is 0.477 e. The lowest BCUT2D eigenvalue weighted by Crippen LogP contribution is -2.29. The number of nitrogens with one attached hydrogen (secondary N) is 1. The fraction of sp³-hybridized carbons (Fsp3) is 0.458. The number of carboxylic acids is 1. The van der Waals surface area contributed by atoms with Crippen LogP contribution in [0.2, 0.25) is 5.02 Å². The maximum Gasteiger partial charge on any atom is 0.341 e. The molecule has 2 N–H and O–H groups in total. The molecule has 174 valence electrons. The van der Waals surface area contributed by atoms with Gasteiger partial charge in [-0.2, -0.15) is 0 Å². The number of hydrogen-bond donors (Lipinski definition) is 2. The lowest BCUT2D eigenvalue weighted by Gasteiger charge is -2.26. The van der Waals surface area contributed by atoms with Gasteiger partial charge in [0.05, 0.1) is 28.5 Å². The molecule has 3 heterocycles. The Balaban J connectivity index is 1.57. The van der Waals surface area contributed by atoms with Gasteiger partial charge in [-0.3, -0.25) is 4.79 Å². The molecule has 1 aliphatic carbocycles. The summed E-state index contributed by atoms with van der Waals surface area (Å²) in [6.07, 6.45) is 6.12. The molecule has 0 amide bonds. The second-order valence-corrected chi connectivity index (χ2v) is 9.52. The second kappa shape index (κ2) is 8.18. The highest BCUT2D eigenvalue weighted by Crippen LogP contribution is 2.43. The van der Waals surface area contributed by atoms with Gasteiger partial charge in [0.1, 0.15) is 11.3 Å². The molecular formula is C24H27ClN4O4. The molecule has 1 saturated carbocycles. The van der Waals surface area contributed by atoms with Crippen molar-refractivity contribution >= 4 is 34.2 Å². The van der Waals surface area contributed by atoms with Crippen LogP contribution in [0.15, 0.2) is 27.7 Å². The zero-order chi connectivity index (χ0) is 23.4. The normalized spacial score (nSPS) is 19.4. The van der Waals surface area contributed by atoms with Gasteiger partial charge in [0.25, 0.3) is 0 Å². The summed E-state index contributed by atoms with van der Waals surface area (Å²) in [4.78, 5) is 31.3. The quantitative estimate of drug-likeness (QED) is 0.559. The number of carbonyl (C=O) groups is 1. The van der Waals surface area contributed by atoms with Crippen LogP contribution in [-0.2, 0) is 0 Å². The van der Waals surface area contributed by atoms with Gasteiger partial charge in [-0.1, -0.05) is 11.6 Å². The number of aryl methyl sites for hydroxylation is 2. The van der Waals surface area contributed by atoms with Crippen LogP contribution in [0.4, 0.5) is 5.69 Å². The molecule has 1 aliphatic heterocycles. The Hall–Kier alpha value is -2.84. The minimum absolute atomic E-state index is 0.00833. The van der Waals surface area contributed by atoms with E-state index in [1.807, 2.05) is 25.5 Å². The SMILES string of the molecule is CNC(c1ncc(C)o1)C1CCN(c2c(Cl)cc3c(=O)c(C(=O)O)cn(C4CC4)c3c2C)C1. The average Bonchev–Trinajstić information content (AvgIpc) is 3.36. The van der Waals surface area contributed by atoms with E-state index in [4.69, 9.17) is 16.0 Å². The monoisotopic (exact) mass is 470 g/mol. The van der Waals surface area contributed by atoms with Crippen molar-refractivity contribution in [3.05, 3.63) is 56.5 Å². The predicted octanol–water partition coefficient (Wildman–Crippen LogP) is 4.08. The predicted molar refractivity (Wildman–Crippen MR) is 127 cm³/mol. The van der Waals surface area contributed by atoms with Gasteiger partial charge >= 0.3 is 5.97 Å². The number of benzene rings is 1. The molecule has 1 saturated heterocycles. The lowest BCUT2D eigenvalue weighted by molar-refractivity contribution is 0.0695. The summed E-state index contributed by atoms with van der Waals surface area (Å²) < 4.78 is 7.75. The van der Waals surface area contributed by atoms with Crippen molar-refractivity contribution in [2.24, 2.45) is 5.92 Å². The number of carboxylic acid groups (broad SMARTS) is 1. The summed E-state index contributed by atoms with van der Waals surface area (Å²) in [6.45, 7) is 5.44. The third kappa shape index (κ3) is 3.71. The van der Waals surface area contributed by atoms with Gasteiger partial charge in [-0.15, -0.1) is 0 Å². The number of aromatic carboxylic acids is 1. The van der Waals surface area contributed by atoms with E-state index in [2.05, 4.69) is 15.2 Å². The molecule has 5 rings (SSSR count). The number of hydrogen-bond acceptors (Lipinski definition) is 6. The third-order valence-corrected chi connectivity index (χ3v) is 7.17. The number of nitrogens with zero attached hydrogens (tertiary/aromatic N) is 3. The minimum Gasteiger partial charge on any atom is -0.477 e. The Labute approximate surface area is 196 Å². The van der Waals surface area contributed by atoms with E-state index in [1.54, 1.807) is 12.3 Å². The number of rotatable bonds is 6. The van der Waals surface area contributed by atoms with Gasteiger partial charge in [-0.25, -0.2) is 9.78 Å². The number of pyridine rings is 1. The molecule has 33 heavy (non-hydrogen) atoms. The number of fused-ring (bicyclic) bond motifs is 1. The molecule has 2 atom stereocenters. The Morgan fingerprint density at radius 1 is 1.33 bits per heavy atom. The van der Waals surface area contributed by atoms with Crippen molar-refractivity contribution in [1.29, 1.82) is 0 Å². The smallest absolute Gasteiger partial charge is 0.341 e. The van der Waals surface area contributed by atoms with Crippen LogP contribution in [0.25, 0.3) is 10.9 Å². The second-order valence-electron chi connectivity index (χ2n) is 9.11. The Bertz CT molecular complexity index is 1310. The number of halogens is 1. The van der Waals surface area contributed by atoms with Crippen LogP contribution in [0.1, 0.15) is 58.9 Å². The summed E-state index contributed by atoms with van der Waals surface area (Å²) in [5.41, 5.74) is 1.90. The van der Waals surface area contributed by atoms with E-state index in [-0.39, 0.29) is 23.6 Å². The minimum atomic E-state index is -1.21. The first-order valence-electron chi connectivity index (χ1n) is 11.3. The number of oxazole rings is 1. The van der Waals surface area contributed by atoms with Crippen LogP contribution in [0, 0.1) is 19.8 Å². The highest BCUT2D eigenvalue weighted by atomic mass is 35.5. The molecular weight excluding hydrogens is 444 g/mol. The van der Waals surface area contributed by atoms with Crippen LogP contribution < -0.4 is 15.6 Å². The van der Waals surface area contributed by atoms with E-state index in [0.717, 1.165) is 54.9 Å². The van der Waals surface area contributed by atoms with Gasteiger partial charge in [-0.05, 0) is 51.8 Å². The average molecular weight is 471 g/mol. The highest BCUT2D eigenvalue weighted by molar-refractivity contribution is 6.34. The Kier molecular flexibility index (Phi) is 5.45. The number of aromatic nitrogens is 2. The van der Waals surface area contributed by atoms with Crippen LogP contribution >= 0.6 is 11.6 Å². The zero-order valence-electron chi connectivity index (χ0n) is 18.9. The topological polar surface area (TPSA) is 101 Å². The van der Waals surface area contributed by atoms with E-state index in [9.17, 15) is 14.7 Å². The van der Waals surface area contributed by atoms with E-state index in [1.165, 1.54) is 6.20 Å². The van der Waals surface area contributed by atoms with E-state index >= 15 is 0 Å². The summed E-state index contributed by atoms with van der Waals surface area (Å²) in [7, 11) is 1.91. The molecule has 8 nitrogen and oxygen atoms in total. The molecule has 0 radical (unpaired) electrons. The molecule has 2 unspecified atom stereocenters. The summed E-state index contributed by atoms with van der Waals surface area (Å²) in [5, 5.41) is 13.7. The first-order chi connectivity index (χ1) is 15.8. The molecule has 2 aliphatic rings. The van der Waals surface area contributed by atoms with Crippen molar-refractivity contribution in [2.75, 3.05) is 25.0 Å². The maximum absolute atomic E-state index is 12.9. The highest BCUT2D eigenvalue weighted by Gasteiger charge is 2.35. The zero-order valence-corrected chi connectivity index (χ0v) is 19.6. The summed E-state index contributed by atoms with van der Waals surface area (Å²) in [5.74, 6) is 0.537. The van der Waals surface area contributed by atoms with Gasteiger partial charge in [0, 0.05) is 36.6 Å². The molecule has 3 aromatic rings. The fourth-order valence-corrected chi connectivity index (χ4v) is 5.56. The van der Waals surface area contributed by atoms with Crippen LogP contribution in [-0.4, -0.2) is 40.8 Å². The standard InChI is InChI=1S/C24H27ClN4O4/c1-12-9-27-23(33-12)19(26-3)14-6-7-28(10-14)21-13(2)20-16(8-18(21)25)22(30)17(24(31)32)11-29(20)15-4-5-15/h8-9,11,14-15,19,26H,4-7,10H2,1-3H3,(H,31,32). The van der Waals surface area contributed by atoms with E-state index < -0.39 is 11.4 Å². The fourth-order valence-electron chi connectivity index (χ4n) is 5.19. The third-order valence-electron chi connectivity index (χ3n) is 6.88. The van der Waals surface area contributed by atoms with Crippen molar-refractivity contribution in [2.45, 2.75) is 45.2 Å². The number of anilines is 1. The molecule has 1 aromatic carbocycles. The van der Waals surface area contributed by atoms with Crippen molar-refractivity contribution in [3.8, 4) is 0 Å². The van der Waals surface area contributed by atoms with Gasteiger partial charge < -0.3 is 24.3 Å². The molecule has 2 fully saturated rings. The summed E-state index contributed by atoms with van der Waals surface area (Å²) in [6, 6.07) is 1.85. The Morgan fingerprint density at radius 3 is 2.70 bits per heavy atom. The van der Waals surface area contributed by atoms with Gasteiger partial charge in [0.2, 0.25) is 11.3 Å². The molecule has 9 heteroatoms. The van der Waals surface area contributed by atoms with Gasteiger partial charge in [0.15, 0.2) is 0 Å². The molecule has 2 aromatic heterocycles. The van der Waals surface area contributed by atoms with Crippen LogP contribution in [0.5, 0.6) is 0 Å². The Morgan fingerprint density at radius 2 is 2.09 bits per heavy atom. The van der Waals surface area contributed by atoms with E-state index in [0.29, 0.717) is 16.3 Å². The first kappa shape index (κ1) is 22.0. The summed E-state index contributed by atoms with van der Waals surface area (Å²) >= 11 is 6.74. The van der Waals surface area contributed by atoms with Crippen LogP contribution in [0.3, 0.4) is 0 Å². The maximum atomic E-state index is 12.9. The first-order valence-corrected chi connectivity index (χ1v) is 11.6. The lowest BCUT2D eigenvalue weighted by atomic mass is 9.99. The van der Waals surface area contributed by atoms with Crippen molar-refractivity contribution in [1.82, 2.24) is 14.9 Å². The molecule has 0 spiro atoms. The van der Waals surface area contributed by atoms with Crippen molar-refractivity contribution in [3.63, 3.8) is 0 Å².